The number of thiophene rings is 1. The lowest BCUT2D eigenvalue weighted by atomic mass is 9.68. The summed E-state index contributed by atoms with van der Waals surface area (Å²) in [5.41, 5.74) is 6.58. The van der Waals surface area contributed by atoms with Gasteiger partial charge in [-0.2, -0.15) is 0 Å². The molecule has 0 amide bonds. The molecule has 1 saturated carbocycles. The molecule has 3 atom stereocenters. The van der Waals surface area contributed by atoms with E-state index in [9.17, 15) is 0 Å². The van der Waals surface area contributed by atoms with Crippen LogP contribution in [0.25, 0.3) is 0 Å². The van der Waals surface area contributed by atoms with Crippen LogP contribution in [0.2, 0.25) is 0 Å². The molecular weight excluding hydrogens is 202 g/mol. The van der Waals surface area contributed by atoms with Crippen molar-refractivity contribution < 1.29 is 0 Å². The average Bonchev–Trinajstić information content (AvgIpc) is 2.62. The van der Waals surface area contributed by atoms with Crippen molar-refractivity contribution in [2.24, 2.45) is 17.6 Å². The molecular formula is C13H21NS. The molecule has 0 aromatic carbocycles. The quantitative estimate of drug-likeness (QED) is 0.772. The zero-order valence-electron chi connectivity index (χ0n) is 9.92. The van der Waals surface area contributed by atoms with Gasteiger partial charge >= 0.3 is 0 Å². The summed E-state index contributed by atoms with van der Waals surface area (Å²) in [7, 11) is 0. The van der Waals surface area contributed by atoms with E-state index in [4.69, 9.17) is 5.73 Å². The predicted molar refractivity (Wildman–Crippen MR) is 67.1 cm³/mol. The van der Waals surface area contributed by atoms with E-state index in [0.29, 0.717) is 5.92 Å². The van der Waals surface area contributed by atoms with Gasteiger partial charge in [-0.1, -0.05) is 26.7 Å². The maximum Gasteiger partial charge on any atom is 0.0532 e. The van der Waals surface area contributed by atoms with Crippen LogP contribution in [-0.2, 0) is 5.54 Å². The molecule has 0 aliphatic heterocycles. The van der Waals surface area contributed by atoms with Gasteiger partial charge in [0.15, 0.2) is 0 Å². The summed E-state index contributed by atoms with van der Waals surface area (Å²) in [5, 5.41) is 0. The van der Waals surface area contributed by atoms with Gasteiger partial charge in [-0.15, -0.1) is 11.3 Å². The SMILES string of the molecule is Cc1ccc(C2(N)CCCC(C)C2C)s1. The molecule has 15 heavy (non-hydrogen) atoms. The lowest BCUT2D eigenvalue weighted by Crippen LogP contribution is -2.47. The van der Waals surface area contributed by atoms with Crippen LogP contribution < -0.4 is 5.73 Å². The largest absolute Gasteiger partial charge is 0.321 e. The Bertz CT molecular complexity index is 344. The van der Waals surface area contributed by atoms with Crippen LogP contribution in [0.4, 0.5) is 0 Å². The average molecular weight is 223 g/mol. The zero-order chi connectivity index (χ0) is 11.1. The summed E-state index contributed by atoms with van der Waals surface area (Å²) in [6, 6.07) is 4.43. The van der Waals surface area contributed by atoms with Crippen molar-refractivity contribution in [3.05, 3.63) is 21.9 Å². The summed E-state index contributed by atoms with van der Waals surface area (Å²) in [6.07, 6.45) is 3.77. The van der Waals surface area contributed by atoms with Crippen LogP contribution in [0.3, 0.4) is 0 Å². The van der Waals surface area contributed by atoms with Crippen LogP contribution >= 0.6 is 11.3 Å². The van der Waals surface area contributed by atoms with Gasteiger partial charge in [0.05, 0.1) is 5.54 Å². The lowest BCUT2D eigenvalue weighted by Gasteiger charge is -2.42. The van der Waals surface area contributed by atoms with Gasteiger partial charge in [-0.25, -0.2) is 0 Å². The summed E-state index contributed by atoms with van der Waals surface area (Å²) in [6.45, 7) is 6.82. The van der Waals surface area contributed by atoms with Crippen molar-refractivity contribution in [1.82, 2.24) is 0 Å². The number of rotatable bonds is 1. The van der Waals surface area contributed by atoms with Crippen LogP contribution in [-0.4, -0.2) is 0 Å². The van der Waals surface area contributed by atoms with Gasteiger partial charge < -0.3 is 5.73 Å². The zero-order valence-corrected chi connectivity index (χ0v) is 10.7. The Hall–Kier alpha value is -0.340. The van der Waals surface area contributed by atoms with Crippen LogP contribution in [0.5, 0.6) is 0 Å². The maximum atomic E-state index is 6.64. The molecule has 0 spiro atoms. The van der Waals surface area contributed by atoms with Crippen molar-refractivity contribution in [3.63, 3.8) is 0 Å². The van der Waals surface area contributed by atoms with Crippen molar-refractivity contribution in [1.29, 1.82) is 0 Å². The minimum atomic E-state index is -0.0589. The van der Waals surface area contributed by atoms with Crippen molar-refractivity contribution >= 4 is 11.3 Å². The van der Waals surface area contributed by atoms with Gasteiger partial charge in [0.25, 0.3) is 0 Å². The van der Waals surface area contributed by atoms with E-state index in [1.54, 1.807) is 0 Å². The third-order valence-corrected chi connectivity index (χ3v) is 5.31. The molecule has 1 aliphatic carbocycles. The molecule has 0 radical (unpaired) electrons. The second-order valence-electron chi connectivity index (χ2n) is 5.11. The van der Waals surface area contributed by atoms with Gasteiger partial charge in [0.2, 0.25) is 0 Å². The predicted octanol–water partition coefficient (Wildman–Crippen LogP) is 3.67. The van der Waals surface area contributed by atoms with E-state index in [1.807, 2.05) is 11.3 Å². The molecule has 0 bridgehead atoms. The van der Waals surface area contributed by atoms with Gasteiger partial charge in [0, 0.05) is 9.75 Å². The Balaban J connectivity index is 2.32. The first-order valence-corrected chi connectivity index (χ1v) is 6.71. The van der Waals surface area contributed by atoms with Crippen LogP contribution in [0.1, 0.15) is 42.9 Å². The fourth-order valence-electron chi connectivity index (χ4n) is 2.73. The Morgan fingerprint density at radius 1 is 1.40 bits per heavy atom. The van der Waals surface area contributed by atoms with E-state index < -0.39 is 0 Å². The highest BCUT2D eigenvalue weighted by Gasteiger charge is 2.40. The standard InChI is InChI=1S/C13H21NS/c1-9-5-4-8-13(14,11(9)3)12-7-6-10(2)15-12/h6-7,9,11H,4-5,8,14H2,1-3H3. The lowest BCUT2D eigenvalue weighted by molar-refractivity contribution is 0.147. The Morgan fingerprint density at radius 3 is 2.73 bits per heavy atom. The molecule has 1 aromatic heterocycles. The van der Waals surface area contributed by atoms with Crippen LogP contribution in [0.15, 0.2) is 12.1 Å². The number of hydrogen-bond acceptors (Lipinski definition) is 2. The highest BCUT2D eigenvalue weighted by atomic mass is 32.1. The smallest absolute Gasteiger partial charge is 0.0532 e. The summed E-state index contributed by atoms with van der Waals surface area (Å²) in [4.78, 5) is 2.76. The molecule has 1 aliphatic rings. The topological polar surface area (TPSA) is 26.0 Å². The molecule has 0 saturated heterocycles. The van der Waals surface area contributed by atoms with Gasteiger partial charge in [0.1, 0.15) is 0 Å². The monoisotopic (exact) mass is 223 g/mol. The Morgan fingerprint density at radius 2 is 2.13 bits per heavy atom. The maximum absolute atomic E-state index is 6.64. The first kappa shape index (κ1) is 11.2. The number of nitrogens with two attached hydrogens (primary N) is 1. The molecule has 1 aromatic rings. The van der Waals surface area contributed by atoms with E-state index in [1.165, 1.54) is 22.6 Å². The van der Waals surface area contributed by atoms with Gasteiger partial charge in [-0.05, 0) is 37.3 Å². The second-order valence-corrected chi connectivity index (χ2v) is 6.40. The molecule has 2 rings (SSSR count). The third-order valence-electron chi connectivity index (χ3n) is 4.12. The molecule has 1 nitrogen and oxygen atoms in total. The molecule has 2 N–H and O–H groups in total. The molecule has 1 fully saturated rings. The number of aryl methyl sites for hydroxylation is 1. The van der Waals surface area contributed by atoms with Crippen molar-refractivity contribution in [2.75, 3.05) is 0 Å². The molecule has 1 heterocycles. The second kappa shape index (κ2) is 3.91. The van der Waals surface area contributed by atoms with E-state index >= 15 is 0 Å². The Labute approximate surface area is 96.7 Å². The summed E-state index contributed by atoms with van der Waals surface area (Å²) < 4.78 is 0. The van der Waals surface area contributed by atoms with E-state index in [0.717, 1.165) is 12.3 Å². The summed E-state index contributed by atoms with van der Waals surface area (Å²) in [5.74, 6) is 1.36. The first-order valence-electron chi connectivity index (χ1n) is 5.90. The highest BCUT2D eigenvalue weighted by molar-refractivity contribution is 7.12. The molecule has 3 unspecified atom stereocenters. The highest BCUT2D eigenvalue weighted by Crippen LogP contribution is 2.44. The van der Waals surface area contributed by atoms with Crippen LogP contribution in [0, 0.1) is 18.8 Å². The first-order chi connectivity index (χ1) is 7.04. The third kappa shape index (κ3) is 1.85. The van der Waals surface area contributed by atoms with Gasteiger partial charge in [-0.3, -0.25) is 0 Å². The fraction of sp³-hybridized carbons (Fsp3) is 0.692. The summed E-state index contributed by atoms with van der Waals surface area (Å²) >= 11 is 1.87. The normalized spacial score (nSPS) is 36.8. The van der Waals surface area contributed by atoms with E-state index in [-0.39, 0.29) is 5.54 Å². The van der Waals surface area contributed by atoms with E-state index in [2.05, 4.69) is 32.9 Å². The molecule has 2 heteroatoms. The molecule has 84 valence electrons. The Kier molecular flexibility index (Phi) is 2.91. The van der Waals surface area contributed by atoms with Crippen molar-refractivity contribution in [2.45, 2.75) is 45.6 Å². The number of hydrogen-bond donors (Lipinski definition) is 1. The minimum absolute atomic E-state index is 0.0589. The van der Waals surface area contributed by atoms with Crippen molar-refractivity contribution in [3.8, 4) is 0 Å². The minimum Gasteiger partial charge on any atom is -0.321 e. The fourth-order valence-corrected chi connectivity index (χ4v) is 3.83.